The third-order valence-electron chi connectivity index (χ3n) is 6.08. The third kappa shape index (κ3) is 3.00. The van der Waals surface area contributed by atoms with Crippen molar-refractivity contribution in [3.8, 4) is 0 Å². The maximum absolute atomic E-state index is 12.1. The number of amides is 1. The molecule has 27 heavy (non-hydrogen) atoms. The van der Waals surface area contributed by atoms with Gasteiger partial charge in [0.2, 0.25) is 5.91 Å². The fraction of sp³-hybridized carbons (Fsp3) is 0.500. The zero-order chi connectivity index (χ0) is 19.2. The van der Waals surface area contributed by atoms with E-state index in [4.69, 9.17) is 4.74 Å². The normalized spacial score (nSPS) is 25.3. The summed E-state index contributed by atoms with van der Waals surface area (Å²) in [4.78, 5) is 28.1. The van der Waals surface area contributed by atoms with Crippen molar-refractivity contribution >= 4 is 22.8 Å². The number of benzene rings is 1. The summed E-state index contributed by atoms with van der Waals surface area (Å²) in [6.45, 7) is 2.64. The number of aromatic nitrogens is 1. The smallest absolute Gasteiger partial charge is 0.313 e. The maximum atomic E-state index is 12.1. The van der Waals surface area contributed by atoms with Crippen LogP contribution in [0, 0.1) is 11.3 Å². The van der Waals surface area contributed by atoms with Crippen molar-refractivity contribution in [2.75, 3.05) is 39.9 Å². The van der Waals surface area contributed by atoms with Crippen LogP contribution < -0.4 is 0 Å². The van der Waals surface area contributed by atoms with E-state index in [0.29, 0.717) is 19.6 Å². The van der Waals surface area contributed by atoms with Gasteiger partial charge >= 0.3 is 5.97 Å². The fourth-order valence-electron chi connectivity index (χ4n) is 4.68. The molecule has 2 aliphatic heterocycles. The van der Waals surface area contributed by atoms with E-state index in [1.165, 1.54) is 23.6 Å². The van der Waals surface area contributed by atoms with Gasteiger partial charge in [0, 0.05) is 64.5 Å². The van der Waals surface area contributed by atoms with Crippen molar-refractivity contribution in [2.24, 2.45) is 18.4 Å². The van der Waals surface area contributed by atoms with Gasteiger partial charge < -0.3 is 19.3 Å². The van der Waals surface area contributed by atoms with E-state index in [9.17, 15) is 14.7 Å². The van der Waals surface area contributed by atoms with Gasteiger partial charge in [-0.2, -0.15) is 0 Å². The molecule has 2 aromatic rings. The van der Waals surface area contributed by atoms with Crippen LogP contribution in [0.3, 0.4) is 0 Å². The minimum absolute atomic E-state index is 0.00320. The second kappa shape index (κ2) is 6.65. The number of hydrogen-bond acceptors (Lipinski definition) is 4. The Bertz CT molecular complexity index is 892. The van der Waals surface area contributed by atoms with Gasteiger partial charge in [0.15, 0.2) is 0 Å². The molecule has 7 heteroatoms. The predicted octanol–water partition coefficient (Wildman–Crippen LogP) is 1.17. The Morgan fingerprint density at radius 3 is 2.78 bits per heavy atom. The van der Waals surface area contributed by atoms with Gasteiger partial charge in [0.05, 0.1) is 0 Å². The van der Waals surface area contributed by atoms with Crippen LogP contribution in [0.1, 0.15) is 5.56 Å². The molecule has 0 unspecified atom stereocenters. The molecule has 2 saturated heterocycles. The molecule has 1 aromatic carbocycles. The molecule has 3 heterocycles. The Morgan fingerprint density at radius 2 is 2.07 bits per heavy atom. The van der Waals surface area contributed by atoms with Gasteiger partial charge in [0.25, 0.3) is 0 Å². The van der Waals surface area contributed by atoms with Crippen LogP contribution in [0.25, 0.3) is 10.9 Å². The summed E-state index contributed by atoms with van der Waals surface area (Å²) < 4.78 is 7.01. The average Bonchev–Trinajstić information content (AvgIpc) is 3.26. The van der Waals surface area contributed by atoms with Crippen LogP contribution in [-0.2, 0) is 27.9 Å². The Kier molecular flexibility index (Phi) is 4.44. The summed E-state index contributed by atoms with van der Waals surface area (Å²) in [5, 5.41) is 11.1. The van der Waals surface area contributed by atoms with Gasteiger partial charge in [-0.3, -0.25) is 14.5 Å². The van der Waals surface area contributed by atoms with Crippen LogP contribution in [0.5, 0.6) is 0 Å². The number of carbonyl (C=O) groups is 2. The molecule has 1 aromatic heterocycles. The van der Waals surface area contributed by atoms with Crippen LogP contribution >= 0.6 is 0 Å². The van der Waals surface area contributed by atoms with Gasteiger partial charge in [-0.05, 0) is 29.1 Å². The lowest BCUT2D eigenvalue weighted by Gasteiger charge is -2.25. The quantitative estimate of drug-likeness (QED) is 0.854. The molecule has 0 radical (unpaired) electrons. The first-order chi connectivity index (χ1) is 12.9. The van der Waals surface area contributed by atoms with E-state index in [2.05, 4.69) is 33.7 Å². The second-order valence-electron chi connectivity index (χ2n) is 7.85. The van der Waals surface area contributed by atoms with E-state index >= 15 is 0 Å². The zero-order valence-corrected chi connectivity index (χ0v) is 15.7. The highest BCUT2D eigenvalue weighted by Gasteiger charge is 2.58. The lowest BCUT2D eigenvalue weighted by atomic mass is 9.81. The van der Waals surface area contributed by atoms with E-state index in [1.54, 1.807) is 4.90 Å². The Hall–Kier alpha value is -2.38. The first-order valence-electron chi connectivity index (χ1n) is 9.19. The van der Waals surface area contributed by atoms with E-state index in [0.717, 1.165) is 6.54 Å². The van der Waals surface area contributed by atoms with Crippen molar-refractivity contribution in [1.82, 2.24) is 14.4 Å². The molecule has 1 N–H and O–H groups in total. The summed E-state index contributed by atoms with van der Waals surface area (Å²) in [5.41, 5.74) is 1.49. The molecule has 0 aliphatic carbocycles. The largest absolute Gasteiger partial charge is 0.481 e. The van der Waals surface area contributed by atoms with Crippen molar-refractivity contribution in [3.05, 3.63) is 36.0 Å². The standard InChI is InChI=1S/C20H25N3O4/c1-21-6-5-15-7-14(3-4-17(15)21)8-22-9-16-10-23(18(24)11-27-2)13-20(16,12-22)19(25)26/h3-7,16H,8-13H2,1-2H3,(H,25,26)/t16-,20-/m0/s1. The van der Waals surface area contributed by atoms with Crippen molar-refractivity contribution < 1.29 is 19.4 Å². The molecule has 0 bridgehead atoms. The molecule has 0 saturated carbocycles. The number of carboxylic acids is 1. The highest BCUT2D eigenvalue weighted by molar-refractivity contribution is 5.82. The number of methoxy groups -OCH3 is 1. The summed E-state index contributed by atoms with van der Waals surface area (Å²) in [6, 6.07) is 8.48. The number of aryl methyl sites for hydroxylation is 1. The average molecular weight is 371 g/mol. The molecule has 2 atom stereocenters. The molecule has 4 rings (SSSR count). The van der Waals surface area contributed by atoms with Crippen molar-refractivity contribution in [2.45, 2.75) is 6.54 Å². The van der Waals surface area contributed by atoms with Crippen LogP contribution in [0.2, 0.25) is 0 Å². The first kappa shape index (κ1) is 18.0. The maximum Gasteiger partial charge on any atom is 0.313 e. The number of aliphatic carboxylic acids is 1. The van der Waals surface area contributed by atoms with Gasteiger partial charge in [-0.15, -0.1) is 0 Å². The minimum Gasteiger partial charge on any atom is -0.481 e. The lowest BCUT2D eigenvalue weighted by molar-refractivity contribution is -0.149. The minimum atomic E-state index is -0.875. The van der Waals surface area contributed by atoms with E-state index < -0.39 is 11.4 Å². The number of carboxylic acid groups (broad SMARTS) is 1. The predicted molar refractivity (Wildman–Crippen MR) is 100 cm³/mol. The second-order valence-corrected chi connectivity index (χ2v) is 7.85. The third-order valence-corrected chi connectivity index (χ3v) is 6.08. The number of fused-ring (bicyclic) bond motifs is 2. The van der Waals surface area contributed by atoms with Crippen LogP contribution in [-0.4, -0.2) is 71.2 Å². The number of hydrogen-bond donors (Lipinski definition) is 1. The highest BCUT2D eigenvalue weighted by Crippen LogP contribution is 2.43. The number of likely N-dealkylation sites (tertiary alicyclic amines) is 2. The van der Waals surface area contributed by atoms with Crippen LogP contribution in [0.15, 0.2) is 30.5 Å². The fourth-order valence-corrected chi connectivity index (χ4v) is 4.68. The SMILES string of the molecule is COCC(=O)N1C[C@@H]2CN(Cc3ccc4c(ccn4C)c3)C[C@]2(C(=O)O)C1. The summed E-state index contributed by atoms with van der Waals surface area (Å²) >= 11 is 0. The number of rotatable bonds is 5. The Balaban J connectivity index is 1.49. The zero-order valence-electron chi connectivity index (χ0n) is 15.7. The molecule has 2 aliphatic rings. The Morgan fingerprint density at radius 1 is 1.26 bits per heavy atom. The van der Waals surface area contributed by atoms with E-state index in [1.807, 2.05) is 13.2 Å². The van der Waals surface area contributed by atoms with E-state index in [-0.39, 0.29) is 25.0 Å². The molecule has 144 valence electrons. The Labute approximate surface area is 158 Å². The van der Waals surface area contributed by atoms with Gasteiger partial charge in [0.1, 0.15) is 12.0 Å². The molecule has 2 fully saturated rings. The number of ether oxygens (including phenoxy) is 1. The molecule has 7 nitrogen and oxygen atoms in total. The van der Waals surface area contributed by atoms with Crippen LogP contribution in [0.4, 0.5) is 0 Å². The number of nitrogens with zero attached hydrogens (tertiary/aromatic N) is 3. The monoisotopic (exact) mass is 371 g/mol. The summed E-state index contributed by atoms with van der Waals surface area (Å²) in [7, 11) is 3.50. The lowest BCUT2D eigenvalue weighted by Crippen LogP contribution is -2.42. The highest BCUT2D eigenvalue weighted by atomic mass is 16.5. The molecular weight excluding hydrogens is 346 g/mol. The first-order valence-corrected chi connectivity index (χ1v) is 9.19. The molecule has 0 spiro atoms. The van der Waals surface area contributed by atoms with Gasteiger partial charge in [-0.1, -0.05) is 6.07 Å². The van der Waals surface area contributed by atoms with Crippen molar-refractivity contribution in [1.29, 1.82) is 0 Å². The summed E-state index contributed by atoms with van der Waals surface area (Å²) in [6.07, 6.45) is 2.04. The topological polar surface area (TPSA) is 75.0 Å². The molecular formula is C20H25N3O4. The number of carbonyl (C=O) groups excluding carboxylic acids is 1. The molecule has 1 amide bonds. The van der Waals surface area contributed by atoms with Crippen molar-refractivity contribution in [3.63, 3.8) is 0 Å². The summed E-state index contributed by atoms with van der Waals surface area (Å²) in [5.74, 6) is -0.980. The van der Waals surface area contributed by atoms with Gasteiger partial charge in [-0.25, -0.2) is 0 Å².